The molecule has 0 aromatic heterocycles. The number of benzene rings is 2. The Kier molecular flexibility index (Phi) is 8.70. The molecule has 220 valence electrons. The molecule has 0 bridgehead atoms. The molecule has 2 aliphatic rings. The number of likely N-dealkylation sites (tertiary alicyclic amines) is 1. The second-order valence-corrected chi connectivity index (χ2v) is 10.5. The van der Waals surface area contributed by atoms with Crippen molar-refractivity contribution in [2.75, 3.05) is 26.7 Å². The average Bonchev–Trinajstić information content (AvgIpc) is 3.55. The van der Waals surface area contributed by atoms with Crippen LogP contribution in [-0.2, 0) is 17.1 Å². The van der Waals surface area contributed by atoms with Crippen molar-refractivity contribution in [3.63, 3.8) is 0 Å². The molecule has 2 aromatic carbocycles. The summed E-state index contributed by atoms with van der Waals surface area (Å²) < 4.78 is 100. The zero-order valence-corrected chi connectivity index (χ0v) is 22.4. The number of nitrogens with one attached hydrogen (secondary N) is 1. The number of halogens is 7. The average molecular weight is 576 g/mol. The number of aryl methyl sites for hydroxylation is 1. The number of carbonyl (C=O) groups excluding carboxylic acids is 1. The molecule has 0 spiro atoms. The third-order valence-electron chi connectivity index (χ3n) is 7.80. The highest BCUT2D eigenvalue weighted by atomic mass is 19.4. The number of hydrogen-bond donors (Lipinski definition) is 1. The van der Waals surface area contributed by atoms with Crippen LogP contribution in [0.2, 0.25) is 0 Å². The highest BCUT2D eigenvalue weighted by Crippen LogP contribution is 2.40. The van der Waals surface area contributed by atoms with E-state index in [9.17, 15) is 35.5 Å². The number of nitrogens with zero attached hydrogens (tertiary/aromatic N) is 2. The zero-order chi connectivity index (χ0) is 29.4. The summed E-state index contributed by atoms with van der Waals surface area (Å²) in [4.78, 5) is 16.5. The van der Waals surface area contributed by atoms with Crippen molar-refractivity contribution in [3.05, 3.63) is 70.0 Å². The van der Waals surface area contributed by atoms with Gasteiger partial charge in [0.2, 0.25) is 0 Å². The lowest BCUT2D eigenvalue weighted by molar-refractivity contribution is -0.143. The predicted molar refractivity (Wildman–Crippen MR) is 134 cm³/mol. The minimum Gasteiger partial charge on any atom is -0.377 e. The lowest BCUT2D eigenvalue weighted by atomic mass is 9.95. The quantitative estimate of drug-likeness (QED) is 0.383. The largest absolute Gasteiger partial charge is 0.416 e. The van der Waals surface area contributed by atoms with Crippen LogP contribution in [0.4, 0.5) is 35.5 Å². The van der Waals surface area contributed by atoms with Crippen LogP contribution in [0.3, 0.4) is 0 Å². The zero-order valence-electron chi connectivity index (χ0n) is 22.4. The van der Waals surface area contributed by atoms with Crippen LogP contribution in [0.15, 0.2) is 36.4 Å². The molecule has 0 radical (unpaired) electrons. The molecule has 4 atom stereocenters. The minimum absolute atomic E-state index is 0.0335. The van der Waals surface area contributed by atoms with Crippen LogP contribution < -0.4 is 5.32 Å². The smallest absolute Gasteiger partial charge is 0.377 e. The van der Waals surface area contributed by atoms with Gasteiger partial charge >= 0.3 is 18.4 Å². The highest BCUT2D eigenvalue weighted by molar-refractivity contribution is 5.76. The third-order valence-corrected chi connectivity index (χ3v) is 7.80. The second-order valence-electron chi connectivity index (χ2n) is 10.5. The molecule has 2 heterocycles. The lowest BCUT2D eigenvalue weighted by Crippen LogP contribution is -2.46. The first-order valence-corrected chi connectivity index (χ1v) is 13.1. The number of urea groups is 1. The van der Waals surface area contributed by atoms with E-state index in [0.29, 0.717) is 42.8 Å². The van der Waals surface area contributed by atoms with Crippen molar-refractivity contribution in [2.45, 2.75) is 69.7 Å². The molecule has 4 rings (SSSR count). The van der Waals surface area contributed by atoms with Crippen molar-refractivity contribution in [2.24, 2.45) is 0 Å². The van der Waals surface area contributed by atoms with Crippen LogP contribution in [-0.4, -0.2) is 54.7 Å². The van der Waals surface area contributed by atoms with E-state index >= 15 is 0 Å². The fraction of sp³-hybridized carbons (Fsp3) is 0.536. The number of amides is 2. The molecule has 1 N–H and O–H groups in total. The van der Waals surface area contributed by atoms with Gasteiger partial charge in [-0.15, -0.1) is 0 Å². The third kappa shape index (κ3) is 6.54. The monoisotopic (exact) mass is 575 g/mol. The first-order valence-electron chi connectivity index (χ1n) is 13.1. The van der Waals surface area contributed by atoms with E-state index in [4.69, 9.17) is 4.74 Å². The number of ether oxygens (including phenoxy) is 1. The summed E-state index contributed by atoms with van der Waals surface area (Å²) in [7, 11) is 1.35. The molecule has 2 amide bonds. The van der Waals surface area contributed by atoms with Crippen LogP contribution in [0.1, 0.15) is 66.1 Å². The van der Waals surface area contributed by atoms with E-state index in [1.165, 1.54) is 26.1 Å². The van der Waals surface area contributed by atoms with Crippen molar-refractivity contribution >= 4 is 6.03 Å². The first kappa shape index (κ1) is 30.1. The maximum Gasteiger partial charge on any atom is 0.416 e. The van der Waals surface area contributed by atoms with Gasteiger partial charge in [0.15, 0.2) is 0 Å². The minimum atomic E-state index is -5.00. The summed E-state index contributed by atoms with van der Waals surface area (Å²) in [6.45, 7) is 4.63. The Morgan fingerprint density at radius 2 is 1.73 bits per heavy atom. The van der Waals surface area contributed by atoms with Crippen LogP contribution in [0, 0.1) is 12.7 Å². The van der Waals surface area contributed by atoms with Gasteiger partial charge in [0.05, 0.1) is 29.3 Å². The maximum atomic E-state index is 13.9. The van der Waals surface area contributed by atoms with Gasteiger partial charge in [0.1, 0.15) is 5.82 Å². The Morgan fingerprint density at radius 3 is 2.27 bits per heavy atom. The molecule has 2 fully saturated rings. The van der Waals surface area contributed by atoms with Crippen molar-refractivity contribution in [3.8, 4) is 0 Å². The Balaban J connectivity index is 1.63. The van der Waals surface area contributed by atoms with Gasteiger partial charge in [0, 0.05) is 32.8 Å². The van der Waals surface area contributed by atoms with Gasteiger partial charge in [-0.2, -0.15) is 26.3 Å². The van der Waals surface area contributed by atoms with Gasteiger partial charge in [-0.05, 0) is 80.1 Å². The van der Waals surface area contributed by atoms with E-state index in [0.717, 1.165) is 17.7 Å². The Hall–Kier alpha value is -2.86. The van der Waals surface area contributed by atoms with E-state index in [-0.39, 0.29) is 30.3 Å². The van der Waals surface area contributed by atoms with Gasteiger partial charge < -0.3 is 19.9 Å². The Labute approximate surface area is 228 Å². The van der Waals surface area contributed by atoms with Crippen LogP contribution in [0.5, 0.6) is 0 Å². The first-order chi connectivity index (χ1) is 18.7. The molecular formula is C28H32F7N3O2. The Bertz CT molecular complexity index is 1180. The lowest BCUT2D eigenvalue weighted by Gasteiger charge is -2.36. The number of carbonyl (C=O) groups is 1. The molecule has 0 saturated carbocycles. The number of rotatable bonds is 6. The summed E-state index contributed by atoms with van der Waals surface area (Å²) >= 11 is 0. The summed E-state index contributed by atoms with van der Waals surface area (Å²) in [6.07, 6.45) is -7.56. The molecule has 2 aliphatic heterocycles. The van der Waals surface area contributed by atoms with Crippen molar-refractivity contribution in [1.82, 2.24) is 15.1 Å². The van der Waals surface area contributed by atoms with Crippen LogP contribution >= 0.6 is 0 Å². The van der Waals surface area contributed by atoms with Gasteiger partial charge in [-0.25, -0.2) is 9.18 Å². The molecule has 0 aliphatic carbocycles. The fourth-order valence-electron chi connectivity index (χ4n) is 5.48. The van der Waals surface area contributed by atoms with E-state index < -0.39 is 47.4 Å². The molecular weight excluding hydrogens is 543 g/mol. The van der Waals surface area contributed by atoms with Crippen LogP contribution in [0.25, 0.3) is 0 Å². The molecule has 2 aromatic rings. The topological polar surface area (TPSA) is 44.8 Å². The maximum absolute atomic E-state index is 13.9. The number of alkyl halides is 6. The molecule has 3 unspecified atom stereocenters. The normalized spacial score (nSPS) is 22.6. The van der Waals surface area contributed by atoms with Gasteiger partial charge in [0.25, 0.3) is 0 Å². The summed E-state index contributed by atoms with van der Waals surface area (Å²) in [5, 5.41) is 3.47. The molecule has 5 nitrogen and oxygen atoms in total. The van der Waals surface area contributed by atoms with Gasteiger partial charge in [-0.1, -0.05) is 6.07 Å². The van der Waals surface area contributed by atoms with Gasteiger partial charge in [-0.3, -0.25) is 0 Å². The van der Waals surface area contributed by atoms with E-state index in [1.807, 2.05) is 0 Å². The van der Waals surface area contributed by atoms with Crippen molar-refractivity contribution < 1.29 is 40.3 Å². The fourth-order valence-corrected chi connectivity index (χ4v) is 5.48. The SMILES string of the molecule is Cc1cc(F)ccc1C1C(NCC2CCCO2)CCN1C(=O)N(C)[C@@H](C)c1cc(C(F)(F)F)cc(C(F)(F)F)c1. The summed E-state index contributed by atoms with van der Waals surface area (Å²) in [5.41, 5.74) is -1.85. The highest BCUT2D eigenvalue weighted by Gasteiger charge is 2.42. The number of hydrogen-bond acceptors (Lipinski definition) is 3. The van der Waals surface area contributed by atoms with Crippen molar-refractivity contribution in [1.29, 1.82) is 0 Å². The molecule has 12 heteroatoms. The van der Waals surface area contributed by atoms with E-state index in [2.05, 4.69) is 5.32 Å². The summed E-state index contributed by atoms with van der Waals surface area (Å²) in [6, 6.07) is 3.20. The standard InChI is InChI=1S/C28H32F7N3O2/c1-16-11-21(29)6-7-23(16)25-24(36-15-22-5-4-10-40-22)8-9-38(25)26(39)37(3)17(2)18-12-19(27(30,31)32)14-20(13-18)28(33,34)35/h6-7,11-14,17,22,24-25,36H,4-5,8-10,15H2,1-3H3/t17-,22?,24?,25?/m0/s1. The Morgan fingerprint density at radius 1 is 1.07 bits per heavy atom. The second kappa shape index (κ2) is 11.6. The predicted octanol–water partition coefficient (Wildman–Crippen LogP) is 6.87. The molecule has 40 heavy (non-hydrogen) atoms. The molecule has 2 saturated heterocycles. The van der Waals surface area contributed by atoms with E-state index in [1.54, 1.807) is 17.9 Å². The summed E-state index contributed by atoms with van der Waals surface area (Å²) in [5.74, 6) is -0.434.